The highest BCUT2D eigenvalue weighted by molar-refractivity contribution is 7.22. The molecule has 1 amide bonds. The second kappa shape index (κ2) is 7.49. The number of benzene rings is 2. The molecule has 2 aromatic carbocycles. The molecule has 26 heavy (non-hydrogen) atoms. The van der Waals surface area contributed by atoms with E-state index < -0.39 is 4.92 Å². The molecule has 0 radical (unpaired) electrons. The molecule has 0 aliphatic rings. The normalized spacial score (nSPS) is 10.7. The first-order valence-corrected chi connectivity index (χ1v) is 9.04. The van der Waals surface area contributed by atoms with E-state index in [0.717, 1.165) is 18.8 Å². The molecule has 1 aromatic heterocycles. The fraction of sp³-hybridized carbons (Fsp3) is 0.222. The van der Waals surface area contributed by atoms with Crippen LogP contribution >= 0.6 is 11.3 Å². The standard InChI is InChI=1S/C18H18N4O3S/c1-3-21(4-2)13-7-5-12(6-8-13)17(23)20-18-19-15-10-9-14(22(24)25)11-16(15)26-18/h5-11H,3-4H2,1-2H3,(H,19,20,23). The van der Waals surface area contributed by atoms with Gasteiger partial charge in [-0.15, -0.1) is 0 Å². The maximum absolute atomic E-state index is 12.4. The smallest absolute Gasteiger partial charge is 0.270 e. The Labute approximate surface area is 154 Å². The maximum atomic E-state index is 12.4. The molecule has 1 heterocycles. The van der Waals surface area contributed by atoms with E-state index in [4.69, 9.17) is 0 Å². The van der Waals surface area contributed by atoms with Crippen molar-refractivity contribution < 1.29 is 9.72 Å². The van der Waals surface area contributed by atoms with Gasteiger partial charge in [-0.25, -0.2) is 4.98 Å². The summed E-state index contributed by atoms with van der Waals surface area (Å²) in [5.41, 5.74) is 2.23. The topological polar surface area (TPSA) is 88.4 Å². The zero-order valence-corrected chi connectivity index (χ0v) is 15.2. The first kappa shape index (κ1) is 17.8. The summed E-state index contributed by atoms with van der Waals surface area (Å²) >= 11 is 1.21. The summed E-state index contributed by atoms with van der Waals surface area (Å²) in [4.78, 5) is 29.3. The second-order valence-corrected chi connectivity index (χ2v) is 6.63. The molecule has 1 N–H and O–H groups in total. The molecule has 134 valence electrons. The van der Waals surface area contributed by atoms with E-state index in [0.29, 0.717) is 20.9 Å². The third-order valence-electron chi connectivity index (χ3n) is 4.06. The van der Waals surface area contributed by atoms with Crippen molar-refractivity contribution in [3.8, 4) is 0 Å². The lowest BCUT2D eigenvalue weighted by Gasteiger charge is -2.20. The number of aromatic nitrogens is 1. The Kier molecular flexibility index (Phi) is 5.13. The zero-order valence-electron chi connectivity index (χ0n) is 14.4. The largest absolute Gasteiger partial charge is 0.372 e. The molecule has 0 atom stereocenters. The third-order valence-corrected chi connectivity index (χ3v) is 4.99. The van der Waals surface area contributed by atoms with E-state index in [1.807, 2.05) is 12.1 Å². The van der Waals surface area contributed by atoms with Gasteiger partial charge in [0.05, 0.1) is 15.1 Å². The highest BCUT2D eigenvalue weighted by atomic mass is 32.1. The van der Waals surface area contributed by atoms with E-state index in [1.54, 1.807) is 18.2 Å². The summed E-state index contributed by atoms with van der Waals surface area (Å²) in [6, 6.07) is 11.8. The summed E-state index contributed by atoms with van der Waals surface area (Å²) in [6.45, 7) is 5.98. The van der Waals surface area contributed by atoms with Gasteiger partial charge in [-0.2, -0.15) is 0 Å². The Morgan fingerprint density at radius 2 is 1.88 bits per heavy atom. The quantitative estimate of drug-likeness (QED) is 0.516. The number of nitro groups is 1. The number of nitrogens with one attached hydrogen (secondary N) is 1. The van der Waals surface area contributed by atoms with Crippen molar-refractivity contribution in [2.45, 2.75) is 13.8 Å². The first-order chi connectivity index (χ1) is 12.5. The molecule has 3 aromatic rings. The summed E-state index contributed by atoms with van der Waals surface area (Å²) in [6.07, 6.45) is 0. The van der Waals surface area contributed by atoms with Crippen LogP contribution in [-0.2, 0) is 0 Å². The zero-order chi connectivity index (χ0) is 18.7. The Balaban J connectivity index is 1.77. The predicted octanol–water partition coefficient (Wildman–Crippen LogP) is 4.30. The number of rotatable bonds is 6. The fourth-order valence-corrected chi connectivity index (χ4v) is 3.56. The average Bonchev–Trinajstić information content (AvgIpc) is 3.04. The minimum absolute atomic E-state index is 0.00557. The van der Waals surface area contributed by atoms with Crippen LogP contribution in [0.3, 0.4) is 0 Å². The molecule has 8 heteroatoms. The summed E-state index contributed by atoms with van der Waals surface area (Å²) < 4.78 is 0.659. The molecule has 0 unspecified atom stereocenters. The Morgan fingerprint density at radius 1 is 1.19 bits per heavy atom. The number of thiazole rings is 1. The predicted molar refractivity (Wildman–Crippen MR) is 104 cm³/mol. The molecule has 0 fully saturated rings. The van der Waals surface area contributed by atoms with Gasteiger partial charge in [-0.3, -0.25) is 20.2 Å². The molecule has 0 spiro atoms. The van der Waals surface area contributed by atoms with Crippen LogP contribution in [0.2, 0.25) is 0 Å². The van der Waals surface area contributed by atoms with Gasteiger partial charge < -0.3 is 4.90 Å². The number of nitrogens with zero attached hydrogens (tertiary/aromatic N) is 3. The van der Waals surface area contributed by atoms with Crippen molar-refractivity contribution in [2.75, 3.05) is 23.3 Å². The molecule has 0 aliphatic heterocycles. The monoisotopic (exact) mass is 370 g/mol. The molecule has 0 saturated heterocycles. The van der Waals surface area contributed by atoms with Crippen molar-refractivity contribution >= 4 is 44.0 Å². The Morgan fingerprint density at radius 3 is 2.50 bits per heavy atom. The Hall–Kier alpha value is -3.00. The molecule has 7 nitrogen and oxygen atoms in total. The number of carbonyl (C=O) groups is 1. The third kappa shape index (κ3) is 3.65. The van der Waals surface area contributed by atoms with Crippen LogP contribution in [0.5, 0.6) is 0 Å². The minimum Gasteiger partial charge on any atom is -0.372 e. The van der Waals surface area contributed by atoms with Crippen molar-refractivity contribution in [3.05, 3.63) is 58.1 Å². The van der Waals surface area contributed by atoms with Crippen molar-refractivity contribution in [2.24, 2.45) is 0 Å². The SMILES string of the molecule is CCN(CC)c1ccc(C(=O)Nc2nc3ccc([N+](=O)[O-])cc3s2)cc1. The first-order valence-electron chi connectivity index (χ1n) is 8.23. The van der Waals surface area contributed by atoms with Crippen molar-refractivity contribution in [3.63, 3.8) is 0 Å². The van der Waals surface area contributed by atoms with Crippen molar-refractivity contribution in [1.29, 1.82) is 0 Å². The van der Waals surface area contributed by atoms with Crippen LogP contribution in [-0.4, -0.2) is 28.9 Å². The van der Waals surface area contributed by atoms with Gasteiger partial charge in [0.1, 0.15) is 0 Å². The van der Waals surface area contributed by atoms with E-state index in [1.165, 1.54) is 23.5 Å². The van der Waals surface area contributed by atoms with E-state index >= 15 is 0 Å². The summed E-state index contributed by atoms with van der Waals surface area (Å²) in [7, 11) is 0. The summed E-state index contributed by atoms with van der Waals surface area (Å²) in [5.74, 6) is -0.260. The lowest BCUT2D eigenvalue weighted by Crippen LogP contribution is -2.21. The number of nitro benzene ring substituents is 1. The highest BCUT2D eigenvalue weighted by Gasteiger charge is 2.13. The number of carbonyl (C=O) groups excluding carboxylic acids is 1. The molecule has 0 bridgehead atoms. The number of hydrogen-bond donors (Lipinski definition) is 1. The summed E-state index contributed by atoms with van der Waals surface area (Å²) in [5, 5.41) is 14.0. The van der Waals surface area contributed by atoms with Gasteiger partial charge in [0.2, 0.25) is 0 Å². The van der Waals surface area contributed by atoms with Crippen LogP contribution in [0.25, 0.3) is 10.2 Å². The Bertz CT molecular complexity index is 949. The van der Waals surface area contributed by atoms with Crippen molar-refractivity contribution in [1.82, 2.24) is 4.98 Å². The lowest BCUT2D eigenvalue weighted by molar-refractivity contribution is -0.384. The molecular formula is C18H18N4O3S. The van der Waals surface area contributed by atoms with E-state index in [-0.39, 0.29) is 11.6 Å². The molecule has 0 aliphatic carbocycles. The molecule has 0 saturated carbocycles. The van der Waals surface area contributed by atoms with Gasteiger partial charge in [0.15, 0.2) is 5.13 Å². The van der Waals surface area contributed by atoms with Crippen LogP contribution < -0.4 is 10.2 Å². The number of fused-ring (bicyclic) bond motifs is 1. The fourth-order valence-electron chi connectivity index (χ4n) is 2.66. The van der Waals surface area contributed by atoms with Crippen LogP contribution in [0.4, 0.5) is 16.5 Å². The van der Waals surface area contributed by atoms with Gasteiger partial charge >= 0.3 is 0 Å². The number of amides is 1. The number of non-ortho nitro benzene ring substituents is 1. The maximum Gasteiger partial charge on any atom is 0.270 e. The van der Waals surface area contributed by atoms with Crippen LogP contribution in [0.15, 0.2) is 42.5 Å². The van der Waals surface area contributed by atoms with Crippen LogP contribution in [0.1, 0.15) is 24.2 Å². The average molecular weight is 370 g/mol. The number of hydrogen-bond acceptors (Lipinski definition) is 6. The highest BCUT2D eigenvalue weighted by Crippen LogP contribution is 2.29. The van der Waals surface area contributed by atoms with E-state index in [9.17, 15) is 14.9 Å². The van der Waals surface area contributed by atoms with Crippen LogP contribution in [0, 0.1) is 10.1 Å². The van der Waals surface area contributed by atoms with Gasteiger partial charge in [-0.05, 0) is 44.2 Å². The minimum atomic E-state index is -0.450. The second-order valence-electron chi connectivity index (χ2n) is 5.60. The van der Waals surface area contributed by atoms with Gasteiger partial charge in [0, 0.05) is 36.5 Å². The van der Waals surface area contributed by atoms with E-state index in [2.05, 4.69) is 29.0 Å². The molecular weight excluding hydrogens is 352 g/mol. The van der Waals surface area contributed by atoms with Gasteiger partial charge in [-0.1, -0.05) is 11.3 Å². The number of anilines is 2. The molecule has 3 rings (SSSR count). The van der Waals surface area contributed by atoms with Gasteiger partial charge in [0.25, 0.3) is 11.6 Å². The lowest BCUT2D eigenvalue weighted by atomic mass is 10.2.